The maximum absolute atomic E-state index is 12.3. The van der Waals surface area contributed by atoms with Crippen LogP contribution in [-0.2, 0) is 0 Å². The number of hydrogen-bond donors (Lipinski definition) is 1. The summed E-state index contributed by atoms with van der Waals surface area (Å²) < 4.78 is 37.9. The number of hydrogen-bond acceptors (Lipinski definition) is 3. The molecule has 0 radical (unpaired) electrons. The summed E-state index contributed by atoms with van der Waals surface area (Å²) in [4.78, 5) is 3.53. The molecular formula is C13H17BrF3N3. The lowest BCUT2D eigenvalue weighted by Gasteiger charge is -2.37. The smallest absolute Gasteiger partial charge is 0.398 e. The first-order valence-corrected chi connectivity index (χ1v) is 7.15. The molecule has 0 aromatic heterocycles. The van der Waals surface area contributed by atoms with E-state index in [0.717, 1.165) is 15.7 Å². The van der Waals surface area contributed by atoms with E-state index in [1.54, 1.807) is 0 Å². The minimum absolute atomic E-state index is 0.412. The maximum atomic E-state index is 12.3. The molecule has 0 bridgehead atoms. The monoisotopic (exact) mass is 351 g/mol. The first-order chi connectivity index (χ1) is 9.26. The van der Waals surface area contributed by atoms with Crippen LogP contribution in [0.15, 0.2) is 16.6 Å². The molecular weight excluding hydrogens is 335 g/mol. The summed E-state index contributed by atoms with van der Waals surface area (Å²) in [7, 11) is 0. The molecule has 1 heterocycles. The van der Waals surface area contributed by atoms with Crippen molar-refractivity contribution in [2.75, 3.05) is 43.4 Å². The van der Waals surface area contributed by atoms with Crippen LogP contribution < -0.4 is 10.6 Å². The molecule has 0 spiro atoms. The predicted octanol–water partition coefficient (Wildman–Crippen LogP) is 3.02. The van der Waals surface area contributed by atoms with Crippen molar-refractivity contribution in [1.29, 1.82) is 0 Å². The van der Waals surface area contributed by atoms with Gasteiger partial charge in [-0.25, -0.2) is 0 Å². The van der Waals surface area contributed by atoms with Crippen LogP contribution in [0.4, 0.5) is 24.5 Å². The molecule has 1 fully saturated rings. The molecule has 0 unspecified atom stereocenters. The summed E-state index contributed by atoms with van der Waals surface area (Å²) in [5, 5.41) is 0. The van der Waals surface area contributed by atoms with E-state index >= 15 is 0 Å². The van der Waals surface area contributed by atoms with E-state index in [1.807, 2.05) is 19.1 Å². The first-order valence-electron chi connectivity index (χ1n) is 6.36. The lowest BCUT2D eigenvalue weighted by molar-refractivity contribution is -0.146. The van der Waals surface area contributed by atoms with Gasteiger partial charge >= 0.3 is 6.18 Å². The summed E-state index contributed by atoms with van der Waals surface area (Å²) >= 11 is 3.47. The molecule has 0 atom stereocenters. The van der Waals surface area contributed by atoms with E-state index < -0.39 is 12.7 Å². The summed E-state index contributed by atoms with van der Waals surface area (Å²) in [5.74, 6) is 0. The first kappa shape index (κ1) is 15.4. The number of rotatable bonds is 2. The van der Waals surface area contributed by atoms with E-state index in [-0.39, 0.29) is 0 Å². The van der Waals surface area contributed by atoms with Crippen molar-refractivity contribution in [3.63, 3.8) is 0 Å². The zero-order valence-corrected chi connectivity index (χ0v) is 12.8. The molecule has 7 heteroatoms. The van der Waals surface area contributed by atoms with Gasteiger partial charge in [0.15, 0.2) is 0 Å². The van der Waals surface area contributed by atoms with E-state index in [2.05, 4.69) is 20.8 Å². The van der Waals surface area contributed by atoms with E-state index in [9.17, 15) is 13.2 Å². The SMILES string of the molecule is Cc1cc(N2CCN(CC(F)(F)F)CC2)c(Br)cc1N. The Morgan fingerprint density at radius 3 is 2.35 bits per heavy atom. The van der Waals surface area contributed by atoms with Gasteiger partial charge in [-0.05, 0) is 40.5 Å². The number of nitrogen functional groups attached to an aromatic ring is 1. The molecule has 0 aliphatic carbocycles. The van der Waals surface area contributed by atoms with Crippen LogP contribution in [-0.4, -0.2) is 43.8 Å². The van der Waals surface area contributed by atoms with Crippen LogP contribution in [0.3, 0.4) is 0 Å². The third-order valence-corrected chi connectivity index (χ3v) is 4.09. The van der Waals surface area contributed by atoms with Gasteiger partial charge < -0.3 is 10.6 Å². The van der Waals surface area contributed by atoms with Crippen molar-refractivity contribution < 1.29 is 13.2 Å². The second-order valence-electron chi connectivity index (χ2n) is 5.04. The number of anilines is 2. The Morgan fingerprint density at radius 2 is 1.80 bits per heavy atom. The molecule has 20 heavy (non-hydrogen) atoms. The molecule has 2 N–H and O–H groups in total. The minimum atomic E-state index is -4.12. The lowest BCUT2D eigenvalue weighted by atomic mass is 10.1. The Balaban J connectivity index is 2.02. The maximum Gasteiger partial charge on any atom is 0.401 e. The van der Waals surface area contributed by atoms with Gasteiger partial charge in [-0.15, -0.1) is 0 Å². The highest BCUT2D eigenvalue weighted by atomic mass is 79.9. The van der Waals surface area contributed by atoms with E-state index in [0.29, 0.717) is 31.9 Å². The molecule has 0 amide bonds. The molecule has 3 nitrogen and oxygen atoms in total. The topological polar surface area (TPSA) is 32.5 Å². The van der Waals surface area contributed by atoms with Gasteiger partial charge in [0.25, 0.3) is 0 Å². The fourth-order valence-electron chi connectivity index (χ4n) is 2.32. The fraction of sp³-hybridized carbons (Fsp3) is 0.538. The molecule has 1 aliphatic rings. The molecule has 0 saturated carbocycles. The van der Waals surface area contributed by atoms with Gasteiger partial charge in [-0.1, -0.05) is 0 Å². The van der Waals surface area contributed by atoms with Crippen molar-refractivity contribution in [1.82, 2.24) is 4.90 Å². The summed E-state index contributed by atoms with van der Waals surface area (Å²) in [6.45, 7) is 3.08. The quantitative estimate of drug-likeness (QED) is 0.831. The van der Waals surface area contributed by atoms with Crippen LogP contribution in [0, 0.1) is 6.92 Å². The molecule has 1 aliphatic heterocycles. The fourth-order valence-corrected chi connectivity index (χ4v) is 2.94. The minimum Gasteiger partial charge on any atom is -0.398 e. The number of benzene rings is 1. The molecule has 2 rings (SSSR count). The zero-order chi connectivity index (χ0) is 14.9. The Labute approximate surface area is 124 Å². The average molecular weight is 352 g/mol. The van der Waals surface area contributed by atoms with Crippen molar-refractivity contribution >= 4 is 27.3 Å². The van der Waals surface area contributed by atoms with Crippen LogP contribution in [0.5, 0.6) is 0 Å². The van der Waals surface area contributed by atoms with Gasteiger partial charge in [0.2, 0.25) is 0 Å². The lowest BCUT2D eigenvalue weighted by Crippen LogP contribution is -2.49. The molecule has 1 aromatic carbocycles. The average Bonchev–Trinajstić information content (AvgIpc) is 2.33. The van der Waals surface area contributed by atoms with Gasteiger partial charge in [-0.3, -0.25) is 4.90 Å². The third kappa shape index (κ3) is 3.79. The molecule has 112 valence electrons. The van der Waals surface area contributed by atoms with Crippen molar-refractivity contribution in [2.24, 2.45) is 0 Å². The van der Waals surface area contributed by atoms with Crippen molar-refractivity contribution in [3.05, 3.63) is 22.2 Å². The highest BCUT2D eigenvalue weighted by molar-refractivity contribution is 9.10. The van der Waals surface area contributed by atoms with Crippen LogP contribution in [0.2, 0.25) is 0 Å². The predicted molar refractivity (Wildman–Crippen MR) is 78.0 cm³/mol. The molecule has 1 aromatic rings. The summed E-state index contributed by atoms with van der Waals surface area (Å²) in [5.41, 5.74) is 8.50. The Morgan fingerprint density at radius 1 is 1.20 bits per heavy atom. The number of alkyl halides is 3. The zero-order valence-electron chi connectivity index (χ0n) is 11.2. The van der Waals surface area contributed by atoms with Crippen LogP contribution >= 0.6 is 15.9 Å². The summed E-state index contributed by atoms with van der Waals surface area (Å²) in [6, 6.07) is 3.81. The van der Waals surface area contributed by atoms with Crippen molar-refractivity contribution in [3.8, 4) is 0 Å². The van der Waals surface area contributed by atoms with E-state index in [4.69, 9.17) is 5.73 Å². The number of halogens is 4. The second-order valence-corrected chi connectivity index (χ2v) is 5.89. The van der Waals surface area contributed by atoms with E-state index in [1.165, 1.54) is 4.90 Å². The molecule has 1 saturated heterocycles. The highest BCUT2D eigenvalue weighted by Crippen LogP contribution is 2.31. The van der Waals surface area contributed by atoms with Gasteiger partial charge in [0.1, 0.15) is 0 Å². The Hall–Kier alpha value is -0.950. The number of nitrogens with zero attached hydrogens (tertiary/aromatic N) is 2. The van der Waals surface area contributed by atoms with Gasteiger partial charge in [0.05, 0.1) is 12.2 Å². The number of piperazine rings is 1. The van der Waals surface area contributed by atoms with Crippen molar-refractivity contribution in [2.45, 2.75) is 13.1 Å². The Kier molecular flexibility index (Phi) is 4.49. The van der Waals surface area contributed by atoms with Gasteiger partial charge in [-0.2, -0.15) is 13.2 Å². The van der Waals surface area contributed by atoms with Crippen LogP contribution in [0.1, 0.15) is 5.56 Å². The number of aryl methyl sites for hydroxylation is 1. The van der Waals surface area contributed by atoms with Crippen LogP contribution in [0.25, 0.3) is 0 Å². The Bertz CT molecular complexity index is 482. The summed E-state index contributed by atoms with van der Waals surface area (Å²) in [6.07, 6.45) is -4.12. The number of nitrogens with two attached hydrogens (primary N) is 1. The largest absolute Gasteiger partial charge is 0.401 e. The third-order valence-electron chi connectivity index (χ3n) is 3.45. The second kappa shape index (κ2) is 5.81. The highest BCUT2D eigenvalue weighted by Gasteiger charge is 2.32. The standard InChI is InChI=1S/C13H17BrF3N3/c1-9-6-12(10(14)7-11(9)18)20-4-2-19(3-5-20)8-13(15,16)17/h6-7H,2-5,8,18H2,1H3. The normalized spacial score (nSPS) is 17.6. The van der Waals surface area contributed by atoms with Gasteiger partial charge in [0, 0.05) is 36.3 Å².